The minimum atomic E-state index is -0.190. The molecule has 34 heavy (non-hydrogen) atoms. The van der Waals surface area contributed by atoms with Gasteiger partial charge in [0.25, 0.3) is 0 Å². The number of hydrogen-bond acceptors (Lipinski definition) is 4. The van der Waals surface area contributed by atoms with E-state index in [-0.39, 0.29) is 16.9 Å². The standard InChI is InChI=1S/C30H33N3O/c1-20-28(18-31-19-32-20)33-23-9-11-25-22(14-23)8-10-26-27-15-24(34)17-29(27,2)12-13-30(25,26)16-21-6-4-3-5-7-21/h3-7,9,11,14,18-19,24,33-34H,8,10,12-13,15-17H2,1-2H3/t24-,29-,30+/m0/s1. The van der Waals surface area contributed by atoms with Crippen molar-refractivity contribution in [2.24, 2.45) is 5.41 Å². The Labute approximate surface area is 202 Å². The molecular formula is C30H33N3O. The molecule has 0 saturated heterocycles. The molecule has 0 bridgehead atoms. The average molecular weight is 452 g/mol. The molecule has 6 rings (SSSR count). The van der Waals surface area contributed by atoms with Crippen molar-refractivity contribution in [3.05, 3.63) is 94.6 Å². The summed E-state index contributed by atoms with van der Waals surface area (Å²) in [6.07, 6.45) is 10.5. The summed E-state index contributed by atoms with van der Waals surface area (Å²) >= 11 is 0. The van der Waals surface area contributed by atoms with Crippen molar-refractivity contribution in [2.75, 3.05) is 5.32 Å². The predicted octanol–water partition coefficient (Wildman–Crippen LogP) is 6.21. The zero-order chi connectivity index (χ0) is 23.3. The van der Waals surface area contributed by atoms with Crippen molar-refractivity contribution in [3.63, 3.8) is 0 Å². The highest BCUT2D eigenvalue weighted by molar-refractivity contribution is 5.64. The molecule has 1 saturated carbocycles. The lowest BCUT2D eigenvalue weighted by molar-refractivity contribution is 0.156. The third-order valence-electron chi connectivity index (χ3n) is 8.70. The highest BCUT2D eigenvalue weighted by Crippen LogP contribution is 2.60. The molecule has 0 unspecified atom stereocenters. The molecular weight excluding hydrogens is 418 g/mol. The summed E-state index contributed by atoms with van der Waals surface area (Å²) in [6, 6.07) is 17.9. The van der Waals surface area contributed by atoms with E-state index in [9.17, 15) is 5.11 Å². The van der Waals surface area contributed by atoms with Crippen molar-refractivity contribution in [1.82, 2.24) is 9.97 Å². The van der Waals surface area contributed by atoms with E-state index in [4.69, 9.17) is 0 Å². The summed E-state index contributed by atoms with van der Waals surface area (Å²) in [5, 5.41) is 14.2. The lowest BCUT2D eigenvalue weighted by atomic mass is 9.54. The van der Waals surface area contributed by atoms with Crippen molar-refractivity contribution < 1.29 is 5.11 Å². The van der Waals surface area contributed by atoms with Gasteiger partial charge < -0.3 is 10.4 Å². The van der Waals surface area contributed by atoms with Crippen LogP contribution in [0.4, 0.5) is 11.4 Å². The Kier molecular flexibility index (Phi) is 5.11. The first-order valence-electron chi connectivity index (χ1n) is 12.6. The third kappa shape index (κ3) is 3.47. The van der Waals surface area contributed by atoms with Crippen LogP contribution in [-0.4, -0.2) is 21.2 Å². The predicted molar refractivity (Wildman–Crippen MR) is 136 cm³/mol. The van der Waals surface area contributed by atoms with Crippen LogP contribution < -0.4 is 5.32 Å². The van der Waals surface area contributed by atoms with Gasteiger partial charge in [-0.1, -0.05) is 54.5 Å². The summed E-state index contributed by atoms with van der Waals surface area (Å²) in [5.74, 6) is 0. The minimum absolute atomic E-state index is 0.0259. The van der Waals surface area contributed by atoms with Gasteiger partial charge in [0.1, 0.15) is 6.33 Å². The van der Waals surface area contributed by atoms with Crippen LogP contribution in [0.15, 0.2) is 72.2 Å². The van der Waals surface area contributed by atoms with Crippen LogP contribution in [0, 0.1) is 12.3 Å². The Morgan fingerprint density at radius 1 is 1.06 bits per heavy atom. The molecule has 1 aromatic heterocycles. The number of aliphatic hydroxyl groups is 1. The number of nitrogens with one attached hydrogen (secondary N) is 1. The number of rotatable bonds is 4. The second-order valence-electron chi connectivity index (χ2n) is 10.8. The number of aromatic nitrogens is 2. The third-order valence-corrected chi connectivity index (χ3v) is 8.70. The van der Waals surface area contributed by atoms with Crippen LogP contribution in [-0.2, 0) is 18.3 Å². The number of fused-ring (bicyclic) bond motifs is 4. The molecule has 4 heteroatoms. The molecule has 0 amide bonds. The van der Waals surface area contributed by atoms with E-state index in [2.05, 4.69) is 70.7 Å². The summed E-state index contributed by atoms with van der Waals surface area (Å²) < 4.78 is 0. The van der Waals surface area contributed by atoms with E-state index in [0.29, 0.717) is 0 Å². The fourth-order valence-corrected chi connectivity index (χ4v) is 7.06. The Morgan fingerprint density at radius 3 is 2.74 bits per heavy atom. The molecule has 0 spiro atoms. The molecule has 3 aromatic rings. The number of anilines is 2. The molecule has 0 aliphatic heterocycles. The van der Waals surface area contributed by atoms with Gasteiger partial charge in [0.15, 0.2) is 0 Å². The Morgan fingerprint density at radius 2 is 1.91 bits per heavy atom. The van der Waals surface area contributed by atoms with Gasteiger partial charge in [-0.05, 0) is 86.1 Å². The second-order valence-corrected chi connectivity index (χ2v) is 10.8. The van der Waals surface area contributed by atoms with Gasteiger partial charge in [-0.25, -0.2) is 9.97 Å². The summed E-state index contributed by atoms with van der Waals surface area (Å²) in [5.41, 5.74) is 10.7. The van der Waals surface area contributed by atoms with Crippen LogP contribution in [0.5, 0.6) is 0 Å². The van der Waals surface area contributed by atoms with Gasteiger partial charge in [-0.15, -0.1) is 0 Å². The second kappa shape index (κ2) is 8.06. The fourth-order valence-electron chi connectivity index (χ4n) is 7.06. The lowest BCUT2D eigenvalue weighted by Gasteiger charge is -2.50. The number of aryl methyl sites for hydroxylation is 2. The van der Waals surface area contributed by atoms with E-state index < -0.39 is 0 Å². The molecule has 1 fully saturated rings. The zero-order valence-electron chi connectivity index (χ0n) is 20.1. The quantitative estimate of drug-likeness (QED) is 0.463. The zero-order valence-corrected chi connectivity index (χ0v) is 20.1. The number of allylic oxidation sites excluding steroid dienone is 1. The number of nitrogens with zero attached hydrogens (tertiary/aromatic N) is 2. The summed E-state index contributed by atoms with van der Waals surface area (Å²) in [4.78, 5) is 8.50. The highest BCUT2D eigenvalue weighted by atomic mass is 16.3. The molecule has 3 aliphatic carbocycles. The summed E-state index contributed by atoms with van der Waals surface area (Å²) in [6.45, 7) is 4.40. The molecule has 3 aliphatic rings. The van der Waals surface area contributed by atoms with Crippen LogP contribution >= 0.6 is 0 Å². The first-order chi connectivity index (χ1) is 16.5. The van der Waals surface area contributed by atoms with Gasteiger partial charge >= 0.3 is 0 Å². The van der Waals surface area contributed by atoms with Gasteiger partial charge in [0, 0.05) is 11.1 Å². The smallest absolute Gasteiger partial charge is 0.115 e. The Hall–Kier alpha value is -2.98. The highest BCUT2D eigenvalue weighted by Gasteiger charge is 2.52. The molecule has 174 valence electrons. The van der Waals surface area contributed by atoms with Crippen molar-refractivity contribution in [1.29, 1.82) is 0 Å². The molecule has 0 radical (unpaired) electrons. The van der Waals surface area contributed by atoms with Crippen molar-refractivity contribution >= 4 is 11.4 Å². The maximum Gasteiger partial charge on any atom is 0.115 e. The van der Waals surface area contributed by atoms with Crippen LogP contribution in [0.25, 0.3) is 0 Å². The van der Waals surface area contributed by atoms with E-state index >= 15 is 0 Å². The monoisotopic (exact) mass is 451 g/mol. The van der Waals surface area contributed by atoms with Crippen LogP contribution in [0.3, 0.4) is 0 Å². The number of aliphatic hydroxyl groups excluding tert-OH is 1. The SMILES string of the molecule is Cc1ncncc1Nc1ccc2c(c1)CCC1=C3C[C@H](O)C[C@]3(C)CC[C@]12Cc1ccccc1. The lowest BCUT2D eigenvalue weighted by Crippen LogP contribution is -2.42. The normalized spacial score (nSPS) is 27.7. The van der Waals surface area contributed by atoms with E-state index in [1.165, 1.54) is 16.7 Å². The largest absolute Gasteiger partial charge is 0.393 e. The maximum absolute atomic E-state index is 10.6. The molecule has 2 N–H and O–H groups in total. The molecule has 3 atom stereocenters. The first kappa shape index (κ1) is 21.5. The van der Waals surface area contributed by atoms with Crippen molar-refractivity contribution in [2.45, 2.75) is 70.3 Å². The molecule has 4 nitrogen and oxygen atoms in total. The minimum Gasteiger partial charge on any atom is -0.393 e. The average Bonchev–Trinajstić information content (AvgIpc) is 3.15. The van der Waals surface area contributed by atoms with Gasteiger partial charge in [-0.2, -0.15) is 0 Å². The first-order valence-corrected chi connectivity index (χ1v) is 12.6. The Bertz CT molecular complexity index is 1270. The van der Waals surface area contributed by atoms with Gasteiger partial charge in [-0.3, -0.25) is 0 Å². The van der Waals surface area contributed by atoms with Crippen molar-refractivity contribution in [3.8, 4) is 0 Å². The van der Waals surface area contributed by atoms with Gasteiger partial charge in [0.2, 0.25) is 0 Å². The topological polar surface area (TPSA) is 58.0 Å². The number of benzene rings is 2. The van der Waals surface area contributed by atoms with E-state index in [1.807, 2.05) is 13.1 Å². The molecule has 2 aromatic carbocycles. The van der Waals surface area contributed by atoms with Crippen LogP contribution in [0.1, 0.15) is 61.4 Å². The maximum atomic E-state index is 10.6. The van der Waals surface area contributed by atoms with Gasteiger partial charge in [0.05, 0.1) is 23.7 Å². The van der Waals surface area contributed by atoms with E-state index in [1.54, 1.807) is 17.5 Å². The summed E-state index contributed by atoms with van der Waals surface area (Å²) in [7, 11) is 0. The van der Waals surface area contributed by atoms with Crippen LogP contribution in [0.2, 0.25) is 0 Å². The number of hydrogen-bond donors (Lipinski definition) is 2. The molecule has 1 heterocycles. The Balaban J connectivity index is 1.46. The fraction of sp³-hybridized carbons (Fsp3) is 0.400. The van der Waals surface area contributed by atoms with E-state index in [0.717, 1.165) is 62.0 Å².